The van der Waals surface area contributed by atoms with E-state index in [4.69, 9.17) is 4.74 Å². The third kappa shape index (κ3) is 3.75. The molecule has 2 heterocycles. The molecule has 1 aromatic heterocycles. The van der Waals surface area contributed by atoms with Crippen molar-refractivity contribution in [2.45, 2.75) is 71.6 Å². The van der Waals surface area contributed by atoms with Crippen LogP contribution >= 0.6 is 0 Å². The van der Waals surface area contributed by atoms with Crippen LogP contribution in [0.2, 0.25) is 0 Å². The van der Waals surface area contributed by atoms with E-state index in [0.717, 1.165) is 35.2 Å². The molecule has 0 radical (unpaired) electrons. The molecule has 3 atom stereocenters. The van der Waals surface area contributed by atoms with Crippen molar-refractivity contribution in [3.05, 3.63) is 48.2 Å². The molecule has 3 heteroatoms. The predicted molar refractivity (Wildman–Crippen MR) is 111 cm³/mol. The first-order valence-corrected chi connectivity index (χ1v) is 10.4. The van der Waals surface area contributed by atoms with Gasteiger partial charge in [-0.15, -0.1) is 0 Å². The van der Waals surface area contributed by atoms with Crippen LogP contribution in [0, 0.1) is 12.3 Å². The van der Waals surface area contributed by atoms with Crippen molar-refractivity contribution in [2.75, 3.05) is 6.54 Å². The molecule has 1 saturated carbocycles. The molecule has 0 amide bonds. The summed E-state index contributed by atoms with van der Waals surface area (Å²) in [5, 5.41) is 0. The summed E-state index contributed by atoms with van der Waals surface area (Å²) in [6, 6.07) is 16.0. The monoisotopic (exact) mass is 364 g/mol. The zero-order valence-electron chi connectivity index (χ0n) is 17.1. The van der Waals surface area contributed by atoms with Gasteiger partial charge >= 0.3 is 0 Å². The number of aromatic nitrogens is 1. The first-order valence-electron chi connectivity index (χ1n) is 10.4. The number of nitrogens with zero attached hydrogens (tertiary/aromatic N) is 2. The number of aryl methyl sites for hydroxylation is 1. The highest BCUT2D eigenvalue weighted by atomic mass is 16.5. The average Bonchev–Trinajstić information content (AvgIpc) is 2.99. The van der Waals surface area contributed by atoms with Crippen LogP contribution in [0.5, 0.6) is 5.75 Å². The number of hydrogen-bond acceptors (Lipinski definition) is 3. The summed E-state index contributed by atoms with van der Waals surface area (Å²) in [6.45, 7) is 10.4. The number of hydrogen-bond donors (Lipinski definition) is 0. The molecule has 4 rings (SSSR count). The highest BCUT2D eigenvalue weighted by molar-refractivity contribution is 5.60. The van der Waals surface area contributed by atoms with Crippen LogP contribution in [0.25, 0.3) is 11.3 Å². The molecule has 27 heavy (non-hydrogen) atoms. The van der Waals surface area contributed by atoms with E-state index in [1.807, 2.05) is 13.0 Å². The Kier molecular flexibility index (Phi) is 4.98. The van der Waals surface area contributed by atoms with Gasteiger partial charge in [0, 0.05) is 23.3 Å². The van der Waals surface area contributed by atoms with E-state index in [9.17, 15) is 0 Å². The quantitative estimate of drug-likeness (QED) is 0.718. The molecular weight excluding hydrogens is 332 g/mol. The van der Waals surface area contributed by atoms with Gasteiger partial charge in [-0.1, -0.05) is 13.0 Å². The smallest absolute Gasteiger partial charge is 0.119 e. The van der Waals surface area contributed by atoms with Crippen molar-refractivity contribution < 1.29 is 4.74 Å². The molecule has 2 fully saturated rings. The summed E-state index contributed by atoms with van der Waals surface area (Å²) in [5.74, 6) is 0.983. The molecule has 1 aliphatic heterocycles. The Bertz CT molecular complexity index is 785. The molecule has 2 aliphatic rings. The lowest BCUT2D eigenvalue weighted by Gasteiger charge is -2.43. The first kappa shape index (κ1) is 18.5. The van der Waals surface area contributed by atoms with Crippen LogP contribution < -0.4 is 4.74 Å². The fourth-order valence-electron chi connectivity index (χ4n) is 5.14. The van der Waals surface area contributed by atoms with E-state index in [2.05, 4.69) is 67.1 Å². The largest absolute Gasteiger partial charge is 0.490 e. The summed E-state index contributed by atoms with van der Waals surface area (Å²) in [7, 11) is 0. The van der Waals surface area contributed by atoms with E-state index in [1.54, 1.807) is 0 Å². The van der Waals surface area contributed by atoms with E-state index in [1.165, 1.54) is 25.8 Å². The fourth-order valence-corrected chi connectivity index (χ4v) is 5.14. The topological polar surface area (TPSA) is 25.4 Å². The van der Waals surface area contributed by atoms with Gasteiger partial charge in [-0.2, -0.15) is 0 Å². The summed E-state index contributed by atoms with van der Waals surface area (Å²) in [6.07, 6.45) is 5.21. The van der Waals surface area contributed by atoms with Crippen molar-refractivity contribution in [3.63, 3.8) is 0 Å². The Morgan fingerprint density at radius 2 is 1.89 bits per heavy atom. The number of fused-ring (bicyclic) bond motifs is 1. The molecular formula is C24H32N2O. The summed E-state index contributed by atoms with van der Waals surface area (Å²) < 4.78 is 6.40. The first-order chi connectivity index (χ1) is 12.9. The number of pyridine rings is 1. The Hall–Kier alpha value is -1.87. The third-order valence-electron chi connectivity index (χ3n) is 6.61. The van der Waals surface area contributed by atoms with Gasteiger partial charge < -0.3 is 4.74 Å². The lowest BCUT2D eigenvalue weighted by Crippen LogP contribution is -2.47. The second-order valence-corrected chi connectivity index (χ2v) is 8.96. The van der Waals surface area contributed by atoms with Crippen LogP contribution in [0.15, 0.2) is 42.5 Å². The van der Waals surface area contributed by atoms with Gasteiger partial charge in [0.1, 0.15) is 5.75 Å². The fraction of sp³-hybridized carbons (Fsp3) is 0.542. The molecule has 2 aromatic rings. The maximum atomic E-state index is 6.40. The highest BCUT2D eigenvalue weighted by Gasteiger charge is 2.48. The van der Waals surface area contributed by atoms with Gasteiger partial charge in [-0.3, -0.25) is 9.88 Å². The Labute approximate surface area is 163 Å². The normalized spacial score (nSPS) is 28.3. The van der Waals surface area contributed by atoms with E-state index < -0.39 is 0 Å². The zero-order chi connectivity index (χ0) is 19.0. The Morgan fingerprint density at radius 3 is 2.59 bits per heavy atom. The van der Waals surface area contributed by atoms with Crippen LogP contribution in [0.4, 0.5) is 0 Å². The van der Waals surface area contributed by atoms with Gasteiger partial charge in [-0.25, -0.2) is 0 Å². The number of rotatable bonds is 4. The molecule has 1 saturated heterocycles. The van der Waals surface area contributed by atoms with Crippen LogP contribution in [0.3, 0.4) is 0 Å². The van der Waals surface area contributed by atoms with Crippen LogP contribution in [-0.2, 0) is 0 Å². The maximum absolute atomic E-state index is 6.40. The highest BCUT2D eigenvalue weighted by Crippen LogP contribution is 2.48. The van der Waals surface area contributed by atoms with Crippen molar-refractivity contribution in [3.8, 4) is 17.0 Å². The molecule has 1 aliphatic carbocycles. The van der Waals surface area contributed by atoms with Crippen molar-refractivity contribution in [1.82, 2.24) is 9.88 Å². The minimum atomic E-state index is 0.335. The molecule has 0 spiro atoms. The molecule has 3 unspecified atom stereocenters. The number of likely N-dealkylation sites (tertiary alicyclic amines) is 1. The van der Waals surface area contributed by atoms with E-state index in [-0.39, 0.29) is 0 Å². The van der Waals surface area contributed by atoms with Gasteiger partial charge in [0.15, 0.2) is 0 Å². The minimum Gasteiger partial charge on any atom is -0.490 e. The summed E-state index contributed by atoms with van der Waals surface area (Å²) >= 11 is 0. The van der Waals surface area contributed by atoms with Gasteiger partial charge in [0.2, 0.25) is 0 Å². The lowest BCUT2D eigenvalue weighted by molar-refractivity contribution is 0.0274. The molecule has 1 aromatic carbocycles. The second-order valence-electron chi connectivity index (χ2n) is 8.96. The standard InChI is InChI=1S/C24H32N2O/c1-17(2)26-15-14-24(4)16-21(12-13-23(24)26)27-20-10-8-19(9-11-20)22-7-5-6-18(3)25-22/h5-11,17,21,23H,12-16H2,1-4H3. The SMILES string of the molecule is Cc1cccc(-c2ccc(OC3CCC4N(C(C)C)CCC4(C)C3)cc2)n1. The van der Waals surface area contributed by atoms with Crippen molar-refractivity contribution in [1.29, 1.82) is 0 Å². The van der Waals surface area contributed by atoms with Gasteiger partial charge in [-0.05, 0) is 94.8 Å². The molecule has 144 valence electrons. The Morgan fingerprint density at radius 1 is 1.11 bits per heavy atom. The molecule has 0 bridgehead atoms. The zero-order valence-corrected chi connectivity index (χ0v) is 17.1. The minimum absolute atomic E-state index is 0.335. The number of ether oxygens (including phenoxy) is 1. The second kappa shape index (κ2) is 7.27. The average molecular weight is 365 g/mol. The molecule has 3 nitrogen and oxygen atoms in total. The summed E-state index contributed by atoms with van der Waals surface area (Å²) in [4.78, 5) is 7.32. The molecule has 0 N–H and O–H groups in total. The number of benzene rings is 1. The summed E-state index contributed by atoms with van der Waals surface area (Å²) in [5.41, 5.74) is 3.61. The van der Waals surface area contributed by atoms with Crippen LogP contribution in [0.1, 0.15) is 52.1 Å². The third-order valence-corrected chi connectivity index (χ3v) is 6.61. The van der Waals surface area contributed by atoms with Crippen molar-refractivity contribution >= 4 is 0 Å². The van der Waals surface area contributed by atoms with Crippen LogP contribution in [-0.4, -0.2) is 34.6 Å². The van der Waals surface area contributed by atoms with E-state index >= 15 is 0 Å². The van der Waals surface area contributed by atoms with Crippen molar-refractivity contribution in [2.24, 2.45) is 5.41 Å². The Balaban J connectivity index is 1.42. The lowest BCUT2D eigenvalue weighted by atomic mass is 9.70. The van der Waals surface area contributed by atoms with E-state index in [0.29, 0.717) is 17.6 Å². The van der Waals surface area contributed by atoms with Gasteiger partial charge in [0.25, 0.3) is 0 Å². The maximum Gasteiger partial charge on any atom is 0.119 e. The van der Waals surface area contributed by atoms with Gasteiger partial charge in [0.05, 0.1) is 11.8 Å². The predicted octanol–water partition coefficient (Wildman–Crippen LogP) is 5.48.